The van der Waals surface area contributed by atoms with Gasteiger partial charge in [-0.2, -0.15) is 10.2 Å². The second kappa shape index (κ2) is 7.89. The smallest absolute Gasteiger partial charge is 0.407 e. The van der Waals surface area contributed by atoms with Crippen molar-refractivity contribution in [3.63, 3.8) is 0 Å². The number of carboxylic acid groups (broad SMARTS) is 1. The van der Waals surface area contributed by atoms with Gasteiger partial charge in [-0.25, -0.2) is 18.2 Å². The molecule has 12 heteroatoms. The number of aromatic nitrogens is 5. The van der Waals surface area contributed by atoms with Crippen LogP contribution in [0, 0.1) is 0 Å². The van der Waals surface area contributed by atoms with E-state index in [0.29, 0.717) is 36.0 Å². The van der Waals surface area contributed by atoms with Crippen LogP contribution in [-0.4, -0.2) is 62.7 Å². The molecule has 1 unspecified atom stereocenters. The van der Waals surface area contributed by atoms with Crippen LogP contribution in [0.1, 0.15) is 24.7 Å². The van der Waals surface area contributed by atoms with E-state index in [2.05, 4.69) is 30.1 Å². The van der Waals surface area contributed by atoms with Crippen LogP contribution in [0.25, 0.3) is 33.5 Å². The minimum absolute atomic E-state index is 0.331. The van der Waals surface area contributed by atoms with Gasteiger partial charge in [0.1, 0.15) is 5.82 Å². The highest BCUT2D eigenvalue weighted by atomic mass is 32.2. The highest BCUT2D eigenvalue weighted by Crippen LogP contribution is 2.33. The monoisotopic (exact) mass is 467 g/mol. The van der Waals surface area contributed by atoms with Gasteiger partial charge in [0.25, 0.3) is 0 Å². The number of sulfonamides is 1. The Hall–Kier alpha value is -3.93. The first-order valence-electron chi connectivity index (χ1n) is 10.3. The Morgan fingerprint density at radius 3 is 2.79 bits per heavy atom. The van der Waals surface area contributed by atoms with E-state index in [9.17, 15) is 18.3 Å². The standard InChI is InChI=1S/C21H21N7O4S/c1-33(31,32)27-14-5-2-4-12(10-14)18-15-11-13(7-8-16(15)23-24-18)19-22-20(26-25-19)17-6-3-9-28(17)21(29)30/h2,4-5,7-8,10-11,17,27H,3,6,9H2,1H3,(H,23,24)(H,29,30)(H,22,25,26). The molecule has 2 aromatic carbocycles. The van der Waals surface area contributed by atoms with Gasteiger partial charge in [-0.1, -0.05) is 12.1 Å². The molecule has 0 bridgehead atoms. The maximum atomic E-state index is 11.6. The number of aromatic amines is 2. The van der Waals surface area contributed by atoms with Gasteiger partial charge in [-0.3, -0.25) is 19.8 Å². The number of fused-ring (bicyclic) bond motifs is 1. The van der Waals surface area contributed by atoms with Gasteiger partial charge in [-0.05, 0) is 43.2 Å². The highest BCUT2D eigenvalue weighted by Gasteiger charge is 2.32. The molecule has 0 radical (unpaired) electrons. The number of hydrogen-bond donors (Lipinski definition) is 4. The summed E-state index contributed by atoms with van der Waals surface area (Å²) in [6.07, 6.45) is 1.61. The highest BCUT2D eigenvalue weighted by molar-refractivity contribution is 7.92. The number of amides is 1. The predicted octanol–water partition coefficient (Wildman–Crippen LogP) is 3.20. The van der Waals surface area contributed by atoms with Crippen molar-refractivity contribution in [1.29, 1.82) is 0 Å². The SMILES string of the molecule is CS(=O)(=O)Nc1cccc(-c2n[nH]c3ccc(-c4n[nH]c(C5CCCN5C(=O)O)n4)cc23)c1. The third-order valence-corrected chi connectivity index (χ3v) is 6.18. The van der Waals surface area contributed by atoms with Crippen molar-refractivity contribution in [3.8, 4) is 22.6 Å². The minimum atomic E-state index is -3.40. The lowest BCUT2D eigenvalue weighted by atomic mass is 10.0. The maximum absolute atomic E-state index is 11.6. The van der Waals surface area contributed by atoms with Crippen LogP contribution in [0.2, 0.25) is 0 Å². The molecule has 0 spiro atoms. The van der Waals surface area contributed by atoms with Gasteiger partial charge >= 0.3 is 6.09 Å². The molecule has 11 nitrogen and oxygen atoms in total. The van der Waals surface area contributed by atoms with Crippen LogP contribution in [0.15, 0.2) is 42.5 Å². The van der Waals surface area contributed by atoms with E-state index in [-0.39, 0.29) is 6.04 Å². The molecule has 0 saturated carbocycles. The van der Waals surface area contributed by atoms with Crippen LogP contribution >= 0.6 is 0 Å². The van der Waals surface area contributed by atoms with Crippen molar-refractivity contribution in [2.75, 3.05) is 17.5 Å². The Kier molecular flexibility index (Phi) is 5.01. The summed E-state index contributed by atoms with van der Waals surface area (Å²) >= 11 is 0. The zero-order chi connectivity index (χ0) is 23.2. The molecule has 3 heterocycles. The Morgan fingerprint density at radius 1 is 1.15 bits per heavy atom. The number of benzene rings is 2. The number of anilines is 1. The first kappa shape index (κ1) is 20.9. The molecule has 1 aliphatic rings. The predicted molar refractivity (Wildman–Crippen MR) is 122 cm³/mol. The van der Waals surface area contributed by atoms with Gasteiger partial charge < -0.3 is 5.11 Å². The van der Waals surface area contributed by atoms with Crippen molar-refractivity contribution in [3.05, 3.63) is 48.3 Å². The summed E-state index contributed by atoms with van der Waals surface area (Å²) in [6, 6.07) is 12.3. The first-order valence-corrected chi connectivity index (χ1v) is 12.2. The van der Waals surface area contributed by atoms with Gasteiger partial charge in [0.05, 0.1) is 23.5 Å². The molecule has 4 aromatic rings. The zero-order valence-electron chi connectivity index (χ0n) is 17.6. The third-order valence-electron chi connectivity index (χ3n) is 5.58. The second-order valence-corrected chi connectivity index (χ2v) is 9.71. The van der Waals surface area contributed by atoms with Gasteiger partial charge in [0.15, 0.2) is 5.82 Å². The molecule has 170 valence electrons. The molecule has 0 aliphatic carbocycles. The summed E-state index contributed by atoms with van der Waals surface area (Å²) in [5, 5.41) is 24.8. The van der Waals surface area contributed by atoms with Crippen LogP contribution < -0.4 is 4.72 Å². The van der Waals surface area contributed by atoms with E-state index in [1.807, 2.05) is 24.3 Å². The topological polar surface area (TPSA) is 157 Å². The Bertz CT molecular complexity index is 1460. The zero-order valence-corrected chi connectivity index (χ0v) is 18.4. The summed E-state index contributed by atoms with van der Waals surface area (Å²) in [5.74, 6) is 0.987. The third kappa shape index (κ3) is 4.12. The molecule has 4 N–H and O–H groups in total. The number of rotatable bonds is 5. The van der Waals surface area contributed by atoms with Crippen molar-refractivity contribution in [2.24, 2.45) is 0 Å². The van der Waals surface area contributed by atoms with E-state index >= 15 is 0 Å². The summed E-state index contributed by atoms with van der Waals surface area (Å²) < 4.78 is 25.6. The van der Waals surface area contributed by atoms with Crippen LogP contribution in [0.3, 0.4) is 0 Å². The number of hydrogen-bond acceptors (Lipinski definition) is 6. The molecular formula is C21H21N7O4S. The van der Waals surface area contributed by atoms with Crippen LogP contribution in [0.5, 0.6) is 0 Å². The van der Waals surface area contributed by atoms with Crippen LogP contribution in [-0.2, 0) is 10.0 Å². The van der Waals surface area contributed by atoms with Crippen molar-refractivity contribution < 1.29 is 18.3 Å². The summed E-state index contributed by atoms with van der Waals surface area (Å²) in [7, 11) is -3.40. The lowest BCUT2D eigenvalue weighted by Crippen LogP contribution is -2.29. The average molecular weight is 468 g/mol. The van der Waals surface area contributed by atoms with Crippen molar-refractivity contribution in [2.45, 2.75) is 18.9 Å². The fraction of sp³-hybridized carbons (Fsp3) is 0.238. The number of nitrogens with zero attached hydrogens (tertiary/aromatic N) is 4. The number of nitrogens with one attached hydrogen (secondary N) is 3. The molecular weight excluding hydrogens is 446 g/mol. The molecule has 1 fully saturated rings. The molecule has 5 rings (SSSR count). The fourth-order valence-corrected chi connectivity index (χ4v) is 4.70. The lowest BCUT2D eigenvalue weighted by molar-refractivity contribution is 0.138. The second-order valence-electron chi connectivity index (χ2n) is 7.97. The Balaban J connectivity index is 1.49. The number of carbonyl (C=O) groups is 1. The summed E-state index contributed by atoms with van der Waals surface area (Å²) in [5.41, 5.74) is 3.40. The molecule has 33 heavy (non-hydrogen) atoms. The van der Waals surface area contributed by atoms with Crippen molar-refractivity contribution in [1.82, 2.24) is 30.3 Å². The normalized spacial score (nSPS) is 16.4. The number of H-pyrrole nitrogens is 2. The fourth-order valence-electron chi connectivity index (χ4n) is 4.15. The first-order chi connectivity index (χ1) is 15.8. The number of likely N-dealkylation sites (tertiary alicyclic amines) is 1. The van der Waals surface area contributed by atoms with Gasteiger partial charge in [0.2, 0.25) is 10.0 Å². The minimum Gasteiger partial charge on any atom is -0.465 e. The van der Waals surface area contributed by atoms with Crippen molar-refractivity contribution >= 4 is 32.7 Å². The molecule has 1 atom stereocenters. The lowest BCUT2D eigenvalue weighted by Gasteiger charge is -2.18. The maximum Gasteiger partial charge on any atom is 0.407 e. The van der Waals surface area contributed by atoms with Gasteiger partial charge in [-0.15, -0.1) is 0 Å². The van der Waals surface area contributed by atoms with Crippen LogP contribution in [0.4, 0.5) is 10.5 Å². The molecule has 2 aromatic heterocycles. The van der Waals surface area contributed by atoms with E-state index in [1.165, 1.54) is 4.90 Å². The van der Waals surface area contributed by atoms with E-state index in [1.54, 1.807) is 18.2 Å². The van der Waals surface area contributed by atoms with E-state index in [4.69, 9.17) is 0 Å². The molecule has 1 amide bonds. The molecule has 1 aliphatic heterocycles. The quantitative estimate of drug-likeness (QED) is 0.351. The van der Waals surface area contributed by atoms with Gasteiger partial charge in [0, 0.05) is 28.7 Å². The summed E-state index contributed by atoms with van der Waals surface area (Å²) in [4.78, 5) is 17.4. The Labute approximate surface area is 188 Å². The van der Waals surface area contributed by atoms with E-state index in [0.717, 1.165) is 34.7 Å². The molecule has 1 saturated heterocycles. The average Bonchev–Trinajstić information content (AvgIpc) is 3.50. The largest absolute Gasteiger partial charge is 0.465 e. The van der Waals surface area contributed by atoms with E-state index < -0.39 is 16.1 Å². The summed E-state index contributed by atoms with van der Waals surface area (Å²) in [6.45, 7) is 0.480. The Morgan fingerprint density at radius 2 is 2.00 bits per heavy atom.